The molecule has 0 radical (unpaired) electrons. The van der Waals surface area contributed by atoms with Crippen LogP contribution in [0.3, 0.4) is 0 Å². The molecule has 0 aliphatic heterocycles. The molecule has 0 unspecified atom stereocenters. The van der Waals surface area contributed by atoms with Gasteiger partial charge in [-0.05, 0) is 84.9 Å². The van der Waals surface area contributed by atoms with Crippen molar-refractivity contribution in [1.82, 2.24) is 4.90 Å². The van der Waals surface area contributed by atoms with Crippen LogP contribution in [0.15, 0.2) is 23.1 Å². The van der Waals surface area contributed by atoms with Crippen LogP contribution >= 0.6 is 11.8 Å². The predicted octanol–water partition coefficient (Wildman–Crippen LogP) is 4.89. The van der Waals surface area contributed by atoms with Crippen LogP contribution in [-0.2, 0) is 11.2 Å². The molecule has 25 heavy (non-hydrogen) atoms. The Morgan fingerprint density at radius 2 is 2.00 bits per heavy atom. The molecule has 2 fully saturated rings. The number of aryl methyl sites for hydroxylation is 1. The third-order valence-electron chi connectivity index (χ3n) is 6.98. The van der Waals surface area contributed by atoms with Crippen molar-refractivity contribution in [3.05, 3.63) is 29.3 Å². The molecule has 3 aliphatic rings. The van der Waals surface area contributed by atoms with Crippen LogP contribution in [-0.4, -0.2) is 30.0 Å². The van der Waals surface area contributed by atoms with Crippen molar-refractivity contribution < 1.29 is 9.59 Å². The van der Waals surface area contributed by atoms with Gasteiger partial charge in [0.15, 0.2) is 0 Å². The SMILES string of the molecule is CN(C)C(=O)Sc1ccc2c(c1)CC[C@@H]1[C@@H]2CC[C@]2(C)C(=O)CC[C@@H]12. The molecule has 4 rings (SSSR count). The first-order valence-electron chi connectivity index (χ1n) is 9.45. The molecule has 0 heterocycles. The van der Waals surface area contributed by atoms with Gasteiger partial charge in [-0.1, -0.05) is 13.0 Å². The van der Waals surface area contributed by atoms with E-state index in [9.17, 15) is 9.59 Å². The second kappa shape index (κ2) is 6.15. The van der Waals surface area contributed by atoms with E-state index in [-0.39, 0.29) is 10.7 Å². The van der Waals surface area contributed by atoms with Gasteiger partial charge in [0, 0.05) is 30.8 Å². The van der Waals surface area contributed by atoms with E-state index in [0.29, 0.717) is 23.5 Å². The van der Waals surface area contributed by atoms with E-state index >= 15 is 0 Å². The number of ketones is 1. The number of carbonyl (C=O) groups excluding carboxylic acids is 2. The maximum atomic E-state index is 12.4. The van der Waals surface area contributed by atoms with E-state index in [2.05, 4.69) is 25.1 Å². The molecule has 0 spiro atoms. The summed E-state index contributed by atoms with van der Waals surface area (Å²) < 4.78 is 0. The minimum Gasteiger partial charge on any atom is -0.339 e. The van der Waals surface area contributed by atoms with Crippen molar-refractivity contribution in [2.24, 2.45) is 17.3 Å². The van der Waals surface area contributed by atoms with E-state index in [1.54, 1.807) is 19.0 Å². The quantitative estimate of drug-likeness (QED) is 0.672. The number of fused-ring (bicyclic) bond motifs is 5. The van der Waals surface area contributed by atoms with Crippen LogP contribution in [0.25, 0.3) is 0 Å². The Morgan fingerprint density at radius 1 is 1.20 bits per heavy atom. The van der Waals surface area contributed by atoms with E-state index in [4.69, 9.17) is 0 Å². The summed E-state index contributed by atoms with van der Waals surface area (Å²) in [4.78, 5) is 27.0. The fraction of sp³-hybridized carbons (Fsp3) is 0.619. The second-order valence-corrected chi connectivity index (χ2v) is 9.48. The molecule has 4 atom stereocenters. The van der Waals surface area contributed by atoms with Gasteiger partial charge in [-0.2, -0.15) is 0 Å². The molecule has 2 saturated carbocycles. The molecule has 3 nitrogen and oxygen atoms in total. The molecule has 3 aliphatic carbocycles. The third-order valence-corrected chi connectivity index (χ3v) is 8.01. The van der Waals surface area contributed by atoms with Crippen LogP contribution in [0, 0.1) is 17.3 Å². The molecule has 0 N–H and O–H groups in total. The van der Waals surface area contributed by atoms with Crippen molar-refractivity contribution in [3.63, 3.8) is 0 Å². The number of thioether (sulfide) groups is 1. The van der Waals surface area contributed by atoms with Gasteiger partial charge >= 0.3 is 0 Å². The zero-order valence-corrected chi connectivity index (χ0v) is 16.2. The Labute approximate surface area is 154 Å². The van der Waals surface area contributed by atoms with Gasteiger partial charge in [0.1, 0.15) is 5.78 Å². The van der Waals surface area contributed by atoms with E-state index in [1.807, 2.05) is 0 Å². The number of benzene rings is 1. The van der Waals surface area contributed by atoms with Crippen LogP contribution in [0.4, 0.5) is 4.79 Å². The number of rotatable bonds is 1. The molecule has 0 aromatic heterocycles. The predicted molar refractivity (Wildman–Crippen MR) is 101 cm³/mol. The number of carbonyl (C=O) groups is 2. The van der Waals surface area contributed by atoms with E-state index in [1.165, 1.54) is 29.3 Å². The Hall–Kier alpha value is -1.29. The molecular weight excluding hydrogens is 330 g/mol. The first-order chi connectivity index (χ1) is 11.9. The summed E-state index contributed by atoms with van der Waals surface area (Å²) in [6, 6.07) is 6.60. The first kappa shape index (κ1) is 17.1. The lowest BCUT2D eigenvalue weighted by molar-refractivity contribution is -0.129. The first-order valence-corrected chi connectivity index (χ1v) is 10.3. The summed E-state index contributed by atoms with van der Waals surface area (Å²) in [7, 11) is 3.58. The van der Waals surface area contributed by atoms with Gasteiger partial charge in [-0.25, -0.2) is 0 Å². The number of Topliss-reactive ketones (excluding diaryl/α,β-unsaturated/α-hetero) is 1. The highest BCUT2D eigenvalue weighted by atomic mass is 32.2. The van der Waals surface area contributed by atoms with Gasteiger partial charge in [0.2, 0.25) is 0 Å². The minimum atomic E-state index is -0.0490. The Kier molecular flexibility index (Phi) is 4.22. The monoisotopic (exact) mass is 357 g/mol. The number of amides is 1. The summed E-state index contributed by atoms with van der Waals surface area (Å²) >= 11 is 1.31. The average Bonchev–Trinajstić information content (AvgIpc) is 2.89. The van der Waals surface area contributed by atoms with Crippen molar-refractivity contribution in [2.75, 3.05) is 14.1 Å². The maximum Gasteiger partial charge on any atom is 0.285 e. The summed E-state index contributed by atoms with van der Waals surface area (Å²) in [6.07, 6.45) is 6.35. The van der Waals surface area contributed by atoms with E-state index < -0.39 is 0 Å². The highest BCUT2D eigenvalue weighted by Crippen LogP contribution is 2.59. The molecule has 1 aromatic rings. The largest absolute Gasteiger partial charge is 0.339 e. The number of hydrogen-bond donors (Lipinski definition) is 0. The zero-order valence-electron chi connectivity index (χ0n) is 15.4. The smallest absolute Gasteiger partial charge is 0.285 e. The van der Waals surface area contributed by atoms with E-state index in [0.717, 1.165) is 37.0 Å². The lowest BCUT2D eigenvalue weighted by atomic mass is 9.55. The van der Waals surface area contributed by atoms with Gasteiger partial charge in [-0.15, -0.1) is 0 Å². The fourth-order valence-electron chi connectivity index (χ4n) is 5.59. The Morgan fingerprint density at radius 3 is 2.76 bits per heavy atom. The summed E-state index contributed by atoms with van der Waals surface area (Å²) in [5.41, 5.74) is 2.86. The van der Waals surface area contributed by atoms with Crippen LogP contribution < -0.4 is 0 Å². The molecule has 0 saturated heterocycles. The summed E-state index contributed by atoms with van der Waals surface area (Å²) in [5, 5.41) is 0.0755. The van der Waals surface area contributed by atoms with Gasteiger partial charge < -0.3 is 4.90 Å². The molecule has 1 amide bonds. The standard InChI is InChI=1S/C21H27NO2S/c1-21-11-10-16-15-7-5-14(25-20(24)22(2)3)12-13(15)4-6-17(16)18(21)8-9-19(21)23/h5,7,12,16-18H,4,6,8-11H2,1-3H3/t16-,17-,18+,21+/m1/s1. The fourth-order valence-corrected chi connectivity index (χ4v) is 6.31. The lowest BCUT2D eigenvalue weighted by Gasteiger charge is -2.48. The summed E-state index contributed by atoms with van der Waals surface area (Å²) in [6.45, 7) is 2.23. The zero-order chi connectivity index (χ0) is 17.8. The van der Waals surface area contributed by atoms with Crippen molar-refractivity contribution >= 4 is 22.8 Å². The number of nitrogens with zero attached hydrogens (tertiary/aromatic N) is 1. The average molecular weight is 358 g/mol. The van der Waals surface area contributed by atoms with Crippen molar-refractivity contribution in [2.45, 2.75) is 56.3 Å². The molecule has 134 valence electrons. The minimum absolute atomic E-state index is 0.0490. The normalized spacial score (nSPS) is 33.4. The Bertz CT molecular complexity index is 729. The topological polar surface area (TPSA) is 37.4 Å². The van der Waals surface area contributed by atoms with Crippen molar-refractivity contribution in [3.8, 4) is 0 Å². The number of hydrogen-bond acceptors (Lipinski definition) is 3. The van der Waals surface area contributed by atoms with Gasteiger partial charge in [0.25, 0.3) is 5.24 Å². The Balaban J connectivity index is 1.59. The molecular formula is C21H27NO2S. The maximum absolute atomic E-state index is 12.4. The lowest BCUT2D eigenvalue weighted by Crippen LogP contribution is -2.42. The molecule has 0 bridgehead atoms. The van der Waals surface area contributed by atoms with Crippen LogP contribution in [0.1, 0.15) is 56.1 Å². The van der Waals surface area contributed by atoms with Gasteiger partial charge in [-0.3, -0.25) is 9.59 Å². The third kappa shape index (κ3) is 2.73. The molecule has 1 aromatic carbocycles. The highest BCUT2D eigenvalue weighted by molar-refractivity contribution is 8.13. The second-order valence-electron chi connectivity index (χ2n) is 8.46. The van der Waals surface area contributed by atoms with Crippen LogP contribution in [0.5, 0.6) is 0 Å². The van der Waals surface area contributed by atoms with Crippen molar-refractivity contribution in [1.29, 1.82) is 0 Å². The summed E-state index contributed by atoms with van der Waals surface area (Å²) in [5.74, 6) is 2.36. The van der Waals surface area contributed by atoms with Gasteiger partial charge in [0.05, 0.1) is 0 Å². The molecule has 4 heteroatoms. The highest BCUT2D eigenvalue weighted by Gasteiger charge is 2.54. The van der Waals surface area contributed by atoms with Crippen LogP contribution in [0.2, 0.25) is 0 Å².